The molecule has 1 N–H and O–H groups in total. The molecule has 3 aromatic rings. The Labute approximate surface area is 191 Å². The van der Waals surface area contributed by atoms with Gasteiger partial charge in [0.15, 0.2) is 0 Å². The molecule has 1 heterocycles. The Kier molecular flexibility index (Phi) is 5.86. The summed E-state index contributed by atoms with van der Waals surface area (Å²) in [5, 5.41) is 3.98. The Morgan fingerprint density at radius 2 is 1.61 bits per heavy atom. The first-order chi connectivity index (χ1) is 14.9. The Bertz CT molecular complexity index is 1220. The van der Waals surface area contributed by atoms with Crippen LogP contribution in [0.4, 0.5) is 5.69 Å². The van der Waals surface area contributed by atoms with E-state index in [1.807, 2.05) is 62.4 Å². The molecule has 0 radical (unpaired) electrons. The molecule has 0 saturated carbocycles. The molecule has 156 valence electrons. The molecule has 31 heavy (non-hydrogen) atoms. The topological polar surface area (TPSA) is 49.4 Å². The maximum absolute atomic E-state index is 13.4. The number of hydrogen-bond donors (Lipinski definition) is 1. The van der Waals surface area contributed by atoms with Gasteiger partial charge in [0.05, 0.1) is 17.1 Å². The van der Waals surface area contributed by atoms with E-state index in [2.05, 4.69) is 5.32 Å². The molecular formula is C25H20Cl2N2O2. The molecule has 0 aromatic heterocycles. The SMILES string of the molecule is Cc1cccc(NC2=C(c3ccc(Cl)cc3Cl)C(=O)N(Cc3ccccc3)C2=O)c1C. The van der Waals surface area contributed by atoms with Crippen molar-refractivity contribution in [1.29, 1.82) is 0 Å². The minimum Gasteiger partial charge on any atom is -0.350 e. The third-order valence-electron chi connectivity index (χ3n) is 5.42. The Balaban J connectivity index is 1.81. The van der Waals surface area contributed by atoms with Gasteiger partial charge in [0.2, 0.25) is 0 Å². The molecule has 0 spiro atoms. The van der Waals surface area contributed by atoms with Crippen LogP contribution >= 0.6 is 23.2 Å². The van der Waals surface area contributed by atoms with Crippen molar-refractivity contribution in [3.8, 4) is 0 Å². The molecule has 4 rings (SSSR count). The highest BCUT2D eigenvalue weighted by Crippen LogP contribution is 2.36. The summed E-state index contributed by atoms with van der Waals surface area (Å²) < 4.78 is 0. The van der Waals surface area contributed by atoms with Crippen LogP contribution in [-0.4, -0.2) is 16.7 Å². The van der Waals surface area contributed by atoms with Gasteiger partial charge in [-0.15, -0.1) is 0 Å². The molecule has 0 bridgehead atoms. The van der Waals surface area contributed by atoms with Gasteiger partial charge in [0.25, 0.3) is 11.8 Å². The number of anilines is 1. The fourth-order valence-electron chi connectivity index (χ4n) is 3.56. The molecule has 2 amide bonds. The normalized spacial score (nSPS) is 13.9. The smallest absolute Gasteiger partial charge is 0.278 e. The van der Waals surface area contributed by atoms with Crippen LogP contribution in [0.5, 0.6) is 0 Å². The highest BCUT2D eigenvalue weighted by Gasteiger charge is 2.40. The fourth-order valence-corrected chi connectivity index (χ4v) is 4.07. The van der Waals surface area contributed by atoms with Gasteiger partial charge >= 0.3 is 0 Å². The summed E-state index contributed by atoms with van der Waals surface area (Å²) in [7, 11) is 0. The first kappa shape index (κ1) is 21.2. The second kappa shape index (κ2) is 8.58. The maximum atomic E-state index is 13.4. The molecule has 6 heteroatoms. The van der Waals surface area contributed by atoms with Crippen molar-refractivity contribution < 1.29 is 9.59 Å². The van der Waals surface area contributed by atoms with Crippen LogP contribution in [0.25, 0.3) is 5.57 Å². The van der Waals surface area contributed by atoms with E-state index >= 15 is 0 Å². The third kappa shape index (κ3) is 4.09. The monoisotopic (exact) mass is 450 g/mol. The number of imide groups is 1. The molecule has 0 atom stereocenters. The number of amides is 2. The first-order valence-corrected chi connectivity index (χ1v) is 10.6. The molecule has 1 aliphatic rings. The van der Waals surface area contributed by atoms with Gasteiger partial charge in [-0.05, 0) is 48.7 Å². The standard InChI is InChI=1S/C25H20Cl2N2O2/c1-15-7-6-10-21(16(15)2)28-23-22(19-12-11-18(26)13-20(19)27)24(30)29(25(23)31)14-17-8-4-3-5-9-17/h3-13,28H,14H2,1-2H3. The summed E-state index contributed by atoms with van der Waals surface area (Å²) >= 11 is 12.5. The van der Waals surface area contributed by atoms with Crippen LogP contribution in [0.2, 0.25) is 10.0 Å². The molecule has 0 aliphatic carbocycles. The lowest BCUT2D eigenvalue weighted by Gasteiger charge is -2.16. The molecule has 0 unspecified atom stereocenters. The van der Waals surface area contributed by atoms with Crippen LogP contribution in [0.3, 0.4) is 0 Å². The number of carbonyl (C=O) groups excluding carboxylic acids is 2. The van der Waals surface area contributed by atoms with Crippen molar-refractivity contribution in [2.24, 2.45) is 0 Å². The summed E-state index contributed by atoms with van der Waals surface area (Å²) in [5.74, 6) is -0.790. The van der Waals surface area contributed by atoms with E-state index in [4.69, 9.17) is 23.2 Å². The van der Waals surface area contributed by atoms with E-state index in [-0.39, 0.29) is 17.8 Å². The molecule has 1 aliphatic heterocycles. The van der Waals surface area contributed by atoms with Crippen molar-refractivity contribution in [2.45, 2.75) is 20.4 Å². The zero-order valence-electron chi connectivity index (χ0n) is 17.1. The van der Waals surface area contributed by atoms with Crippen molar-refractivity contribution in [3.63, 3.8) is 0 Å². The number of aryl methyl sites for hydroxylation is 1. The number of carbonyl (C=O) groups is 2. The molecule has 0 saturated heterocycles. The van der Waals surface area contributed by atoms with E-state index < -0.39 is 11.8 Å². The van der Waals surface area contributed by atoms with Crippen molar-refractivity contribution in [1.82, 2.24) is 4.90 Å². The van der Waals surface area contributed by atoms with Gasteiger partial charge in [0, 0.05) is 16.3 Å². The van der Waals surface area contributed by atoms with E-state index in [0.29, 0.717) is 15.6 Å². The Morgan fingerprint density at radius 1 is 0.871 bits per heavy atom. The molecule has 4 nitrogen and oxygen atoms in total. The Hall–Kier alpha value is -3.08. The number of rotatable bonds is 5. The minimum absolute atomic E-state index is 0.172. The zero-order valence-corrected chi connectivity index (χ0v) is 18.6. The van der Waals surface area contributed by atoms with Crippen LogP contribution in [-0.2, 0) is 16.1 Å². The summed E-state index contributed by atoms with van der Waals surface area (Å²) in [4.78, 5) is 28.1. The number of nitrogens with one attached hydrogen (secondary N) is 1. The van der Waals surface area contributed by atoms with Crippen LogP contribution in [0, 0.1) is 13.8 Å². The van der Waals surface area contributed by atoms with Gasteiger partial charge in [-0.3, -0.25) is 14.5 Å². The van der Waals surface area contributed by atoms with Crippen molar-refractivity contribution in [2.75, 3.05) is 5.32 Å². The highest BCUT2D eigenvalue weighted by molar-refractivity contribution is 6.41. The number of halogens is 2. The molecular weight excluding hydrogens is 431 g/mol. The number of nitrogens with zero attached hydrogens (tertiary/aromatic N) is 1. The van der Waals surface area contributed by atoms with Gasteiger partial charge in [-0.2, -0.15) is 0 Å². The van der Waals surface area contributed by atoms with Crippen LogP contribution in [0.15, 0.2) is 72.4 Å². The lowest BCUT2D eigenvalue weighted by molar-refractivity contribution is -0.137. The average Bonchev–Trinajstić information content (AvgIpc) is 2.97. The third-order valence-corrected chi connectivity index (χ3v) is 5.96. The van der Waals surface area contributed by atoms with E-state index in [1.54, 1.807) is 18.2 Å². The number of hydrogen-bond acceptors (Lipinski definition) is 3. The van der Waals surface area contributed by atoms with Gasteiger partial charge in [-0.1, -0.05) is 71.7 Å². The molecule has 0 fully saturated rings. The number of benzene rings is 3. The quantitative estimate of drug-likeness (QED) is 0.484. The van der Waals surface area contributed by atoms with E-state index in [1.165, 1.54) is 4.90 Å². The van der Waals surface area contributed by atoms with Crippen LogP contribution < -0.4 is 5.32 Å². The largest absolute Gasteiger partial charge is 0.350 e. The lowest BCUT2D eigenvalue weighted by atomic mass is 10.0. The lowest BCUT2D eigenvalue weighted by Crippen LogP contribution is -2.32. The van der Waals surface area contributed by atoms with Gasteiger partial charge in [-0.25, -0.2) is 0 Å². The first-order valence-electron chi connectivity index (χ1n) is 9.80. The van der Waals surface area contributed by atoms with Gasteiger partial charge in [0.1, 0.15) is 5.70 Å². The van der Waals surface area contributed by atoms with E-state index in [0.717, 1.165) is 22.4 Å². The average molecular weight is 451 g/mol. The van der Waals surface area contributed by atoms with Gasteiger partial charge < -0.3 is 5.32 Å². The fraction of sp³-hybridized carbons (Fsp3) is 0.120. The molecule has 3 aromatic carbocycles. The highest BCUT2D eigenvalue weighted by atomic mass is 35.5. The summed E-state index contributed by atoms with van der Waals surface area (Å²) in [6, 6.07) is 20.1. The second-order valence-corrected chi connectivity index (χ2v) is 8.27. The van der Waals surface area contributed by atoms with E-state index in [9.17, 15) is 9.59 Å². The van der Waals surface area contributed by atoms with Crippen molar-refractivity contribution >= 4 is 46.3 Å². The van der Waals surface area contributed by atoms with Crippen LogP contribution in [0.1, 0.15) is 22.3 Å². The van der Waals surface area contributed by atoms with Crippen molar-refractivity contribution in [3.05, 3.63) is 105 Å². The maximum Gasteiger partial charge on any atom is 0.278 e. The summed E-state index contributed by atoms with van der Waals surface area (Å²) in [6.07, 6.45) is 0. The Morgan fingerprint density at radius 3 is 2.32 bits per heavy atom. The zero-order chi connectivity index (χ0) is 22.1. The summed E-state index contributed by atoms with van der Waals surface area (Å²) in [6.45, 7) is 4.14. The summed E-state index contributed by atoms with van der Waals surface area (Å²) in [5.41, 5.74) is 4.61. The predicted octanol–water partition coefficient (Wildman–Crippen LogP) is 6.00. The second-order valence-electron chi connectivity index (χ2n) is 7.43. The predicted molar refractivity (Wildman–Crippen MR) is 125 cm³/mol. The minimum atomic E-state index is -0.397.